The van der Waals surface area contributed by atoms with Gasteiger partial charge in [-0.2, -0.15) is 18.3 Å². The molecule has 0 saturated heterocycles. The molecular formula is C29H25Cl2F3N4O3S. The first-order chi connectivity index (χ1) is 19.7. The minimum Gasteiger partial charge on any atom is -0.318 e. The maximum Gasteiger partial charge on any atom is 0.417 e. The smallest absolute Gasteiger partial charge is 0.318 e. The minimum absolute atomic E-state index is 0.206. The molecule has 0 aliphatic heterocycles. The van der Waals surface area contributed by atoms with E-state index < -0.39 is 44.9 Å². The van der Waals surface area contributed by atoms with E-state index in [1.807, 2.05) is 36.6 Å². The number of nitrogens with one attached hydrogen (secondary N) is 1. The first kappa shape index (κ1) is 31.1. The second kappa shape index (κ2) is 12.2. The zero-order chi connectivity index (χ0) is 30.8. The van der Waals surface area contributed by atoms with Crippen LogP contribution in [0.1, 0.15) is 28.1 Å². The number of aromatic nitrogens is 1. The van der Waals surface area contributed by atoms with Crippen LogP contribution in [0.3, 0.4) is 0 Å². The van der Waals surface area contributed by atoms with Crippen molar-refractivity contribution in [1.29, 1.82) is 0 Å². The number of alkyl halides is 3. The van der Waals surface area contributed by atoms with Crippen LogP contribution in [-0.4, -0.2) is 31.7 Å². The summed E-state index contributed by atoms with van der Waals surface area (Å²) in [6.07, 6.45) is -3.45. The maximum atomic E-state index is 13.6. The second-order valence-corrected chi connectivity index (χ2v) is 12.1. The number of carbonyl (C=O) groups is 1. The molecule has 0 bridgehead atoms. The second-order valence-electron chi connectivity index (χ2n) is 9.42. The Morgan fingerprint density at radius 2 is 1.62 bits per heavy atom. The number of carbonyl (C=O) groups excluding carboxylic acids is 1. The van der Waals surface area contributed by atoms with Gasteiger partial charge in [0.05, 0.1) is 27.4 Å². The predicted octanol–water partition coefficient (Wildman–Crippen LogP) is 7.07. The Kier molecular flexibility index (Phi) is 9.05. The van der Waals surface area contributed by atoms with Gasteiger partial charge in [0.15, 0.2) is 0 Å². The number of hydrogen-bond acceptors (Lipinski definition) is 4. The number of halogens is 5. The highest BCUT2D eigenvalue weighted by Crippen LogP contribution is 2.38. The van der Waals surface area contributed by atoms with E-state index in [2.05, 4.69) is 10.5 Å². The third-order valence-corrected chi connectivity index (χ3v) is 8.76. The van der Waals surface area contributed by atoms with Gasteiger partial charge in [-0.1, -0.05) is 40.9 Å². The molecule has 1 N–H and O–H groups in total. The Bertz CT molecular complexity index is 1750. The number of benzene rings is 3. The van der Waals surface area contributed by atoms with Gasteiger partial charge in [0.25, 0.3) is 15.9 Å². The van der Waals surface area contributed by atoms with Gasteiger partial charge in [0.2, 0.25) is 0 Å². The lowest BCUT2D eigenvalue weighted by Crippen LogP contribution is -2.39. The van der Waals surface area contributed by atoms with Gasteiger partial charge in [-0.15, -0.1) is 0 Å². The van der Waals surface area contributed by atoms with Crippen LogP contribution in [0.15, 0.2) is 82.8 Å². The fraction of sp³-hybridized carbons (Fsp3) is 0.172. The standard InChI is InChI=1S/C29H25Cl2F3N4O3S/c1-18-4-11-25(12-5-18)42(40,41)37(24-10-13-27(31)26(15-24)29(32,33)34)17-28(39)36-35-16-21-14-19(2)38(20(21)3)23-8-6-22(30)7-9-23/h4-16H,17H2,1-3H3,(H,36,39)/b35-16-. The zero-order valence-corrected chi connectivity index (χ0v) is 24.9. The summed E-state index contributed by atoms with van der Waals surface area (Å²) in [5.41, 5.74) is 4.68. The van der Waals surface area contributed by atoms with Crippen molar-refractivity contribution in [3.8, 4) is 5.69 Å². The van der Waals surface area contributed by atoms with Gasteiger partial charge in [-0.25, -0.2) is 13.8 Å². The van der Waals surface area contributed by atoms with Gasteiger partial charge >= 0.3 is 6.18 Å². The van der Waals surface area contributed by atoms with Crippen molar-refractivity contribution in [3.05, 3.63) is 111 Å². The molecule has 0 spiro atoms. The Labute approximate surface area is 251 Å². The van der Waals surface area contributed by atoms with E-state index in [0.29, 0.717) is 21.0 Å². The highest BCUT2D eigenvalue weighted by molar-refractivity contribution is 7.92. The topological polar surface area (TPSA) is 83.8 Å². The summed E-state index contributed by atoms with van der Waals surface area (Å²) in [5.74, 6) is -0.878. The van der Waals surface area contributed by atoms with Gasteiger partial charge in [0.1, 0.15) is 6.54 Å². The van der Waals surface area contributed by atoms with Gasteiger partial charge < -0.3 is 4.57 Å². The Morgan fingerprint density at radius 1 is 0.976 bits per heavy atom. The Hall–Kier alpha value is -3.80. The number of sulfonamides is 1. The van der Waals surface area contributed by atoms with Gasteiger partial charge in [0, 0.05) is 27.7 Å². The molecule has 220 valence electrons. The van der Waals surface area contributed by atoms with Crippen LogP contribution >= 0.6 is 23.2 Å². The van der Waals surface area contributed by atoms with Crippen molar-refractivity contribution in [2.45, 2.75) is 31.8 Å². The number of rotatable bonds is 8. The lowest BCUT2D eigenvalue weighted by Gasteiger charge is -2.25. The van der Waals surface area contributed by atoms with E-state index in [1.54, 1.807) is 31.2 Å². The SMILES string of the molecule is Cc1ccc(S(=O)(=O)N(CC(=O)N/N=C\c2cc(C)n(-c3ccc(Cl)cc3)c2C)c2ccc(Cl)c(C(F)(F)F)c2)cc1. The maximum absolute atomic E-state index is 13.6. The molecule has 7 nitrogen and oxygen atoms in total. The highest BCUT2D eigenvalue weighted by Gasteiger charge is 2.35. The van der Waals surface area contributed by atoms with Crippen LogP contribution in [0.5, 0.6) is 0 Å². The predicted molar refractivity (Wildman–Crippen MR) is 158 cm³/mol. The van der Waals surface area contributed by atoms with Gasteiger partial charge in [-0.3, -0.25) is 9.10 Å². The highest BCUT2D eigenvalue weighted by atomic mass is 35.5. The van der Waals surface area contributed by atoms with Crippen molar-refractivity contribution in [3.63, 3.8) is 0 Å². The summed E-state index contributed by atoms with van der Waals surface area (Å²) in [4.78, 5) is 12.7. The Morgan fingerprint density at radius 3 is 2.24 bits per heavy atom. The molecule has 0 aliphatic carbocycles. The fourth-order valence-corrected chi connectivity index (χ4v) is 6.05. The molecule has 0 fully saturated rings. The van der Waals surface area contributed by atoms with Crippen molar-refractivity contribution < 1.29 is 26.4 Å². The Balaban J connectivity index is 1.62. The molecule has 1 heterocycles. The zero-order valence-electron chi connectivity index (χ0n) is 22.6. The summed E-state index contributed by atoms with van der Waals surface area (Å²) in [7, 11) is -4.46. The molecule has 0 radical (unpaired) electrons. The molecule has 4 aromatic rings. The number of aryl methyl sites for hydroxylation is 2. The average Bonchev–Trinajstić information content (AvgIpc) is 3.20. The van der Waals surface area contributed by atoms with E-state index in [9.17, 15) is 26.4 Å². The summed E-state index contributed by atoms with van der Waals surface area (Å²) in [6, 6.07) is 17.4. The number of hydrogen-bond donors (Lipinski definition) is 1. The van der Waals surface area contributed by atoms with E-state index in [-0.39, 0.29) is 4.90 Å². The van der Waals surface area contributed by atoms with Crippen LogP contribution in [0.4, 0.5) is 18.9 Å². The molecule has 0 atom stereocenters. The first-order valence-electron chi connectivity index (χ1n) is 12.4. The summed E-state index contributed by atoms with van der Waals surface area (Å²) in [5, 5.41) is 3.95. The van der Waals surface area contributed by atoms with Crippen molar-refractivity contribution in [2.75, 3.05) is 10.8 Å². The molecular weight excluding hydrogens is 612 g/mol. The minimum atomic E-state index is -4.85. The summed E-state index contributed by atoms with van der Waals surface area (Å²) < 4.78 is 70.4. The monoisotopic (exact) mass is 636 g/mol. The van der Waals surface area contributed by atoms with Crippen LogP contribution in [0.2, 0.25) is 10.0 Å². The van der Waals surface area contributed by atoms with E-state index in [1.165, 1.54) is 18.3 Å². The van der Waals surface area contributed by atoms with E-state index >= 15 is 0 Å². The molecule has 0 aliphatic rings. The number of anilines is 1. The number of nitrogens with zero attached hydrogens (tertiary/aromatic N) is 3. The van der Waals surface area contributed by atoms with Crippen LogP contribution < -0.4 is 9.73 Å². The molecule has 0 unspecified atom stereocenters. The van der Waals surface area contributed by atoms with E-state index in [0.717, 1.165) is 34.8 Å². The number of amides is 1. The molecule has 3 aromatic carbocycles. The average molecular weight is 638 g/mol. The lowest BCUT2D eigenvalue weighted by molar-refractivity contribution is -0.137. The molecule has 1 aromatic heterocycles. The lowest BCUT2D eigenvalue weighted by atomic mass is 10.2. The molecule has 4 rings (SSSR count). The van der Waals surface area contributed by atoms with Crippen molar-refractivity contribution in [2.24, 2.45) is 5.10 Å². The molecule has 1 amide bonds. The third-order valence-electron chi connectivity index (χ3n) is 6.39. The first-order valence-corrected chi connectivity index (χ1v) is 14.6. The molecule has 42 heavy (non-hydrogen) atoms. The van der Waals surface area contributed by atoms with Gasteiger partial charge in [-0.05, 0) is 81.4 Å². The van der Waals surface area contributed by atoms with Crippen molar-refractivity contribution in [1.82, 2.24) is 9.99 Å². The fourth-order valence-electron chi connectivity index (χ4n) is 4.28. The van der Waals surface area contributed by atoms with Crippen LogP contribution in [0, 0.1) is 20.8 Å². The quantitative estimate of drug-likeness (QED) is 0.166. The summed E-state index contributed by atoms with van der Waals surface area (Å²) in [6.45, 7) is 4.66. The van der Waals surface area contributed by atoms with Crippen LogP contribution in [0.25, 0.3) is 5.69 Å². The van der Waals surface area contributed by atoms with E-state index in [4.69, 9.17) is 23.2 Å². The molecule has 13 heteroatoms. The molecule has 0 saturated carbocycles. The number of hydrazone groups is 1. The largest absolute Gasteiger partial charge is 0.417 e. The summed E-state index contributed by atoms with van der Waals surface area (Å²) >= 11 is 11.7. The van der Waals surface area contributed by atoms with Crippen molar-refractivity contribution >= 4 is 51.0 Å². The third kappa shape index (κ3) is 6.80. The normalized spacial score (nSPS) is 12.1. The van der Waals surface area contributed by atoms with Crippen LogP contribution in [-0.2, 0) is 21.0 Å².